The molecule has 2 aromatic rings. The van der Waals surface area contributed by atoms with Crippen LogP contribution in [-0.4, -0.2) is 44.8 Å². The lowest BCUT2D eigenvalue weighted by Gasteiger charge is -2.32. The second-order valence-corrected chi connectivity index (χ2v) is 7.39. The molecule has 0 spiro atoms. The van der Waals surface area contributed by atoms with E-state index in [1.54, 1.807) is 7.11 Å². The van der Waals surface area contributed by atoms with E-state index in [0.717, 1.165) is 55.2 Å². The molecule has 2 aromatic carbocycles. The molecule has 1 atom stereocenters. The fraction of sp³-hybridized carbons (Fsp3) is 0.429. The molecule has 4 nitrogen and oxygen atoms in total. The van der Waals surface area contributed by atoms with E-state index < -0.39 is 0 Å². The van der Waals surface area contributed by atoms with E-state index in [-0.39, 0.29) is 6.04 Å². The van der Waals surface area contributed by atoms with Gasteiger partial charge in [0.2, 0.25) is 0 Å². The number of hydrogen-bond acceptors (Lipinski definition) is 4. The summed E-state index contributed by atoms with van der Waals surface area (Å²) in [6.07, 6.45) is 1.09. The van der Waals surface area contributed by atoms with Gasteiger partial charge in [0, 0.05) is 29.7 Å². The summed E-state index contributed by atoms with van der Waals surface area (Å²) in [5.41, 5.74) is 2.18. The fourth-order valence-corrected chi connectivity index (χ4v) is 4.08. The average Bonchev–Trinajstić information content (AvgIpc) is 2.94. The minimum Gasteiger partial charge on any atom is -0.493 e. The highest BCUT2D eigenvalue weighted by atomic mass is 35.5. The zero-order chi connectivity index (χ0) is 19.2. The summed E-state index contributed by atoms with van der Waals surface area (Å²) >= 11 is 12.7. The number of halogens is 2. The first-order valence-corrected chi connectivity index (χ1v) is 10.1. The van der Waals surface area contributed by atoms with E-state index in [0.29, 0.717) is 16.7 Å². The van der Waals surface area contributed by atoms with Crippen molar-refractivity contribution in [2.75, 3.05) is 39.9 Å². The Morgan fingerprint density at radius 3 is 2.67 bits per heavy atom. The summed E-state index contributed by atoms with van der Waals surface area (Å²) in [5, 5.41) is 4.79. The van der Waals surface area contributed by atoms with Crippen LogP contribution in [0.5, 0.6) is 11.5 Å². The zero-order valence-electron chi connectivity index (χ0n) is 15.8. The Labute approximate surface area is 171 Å². The van der Waals surface area contributed by atoms with Crippen molar-refractivity contribution in [3.63, 3.8) is 0 Å². The third kappa shape index (κ3) is 4.88. The van der Waals surface area contributed by atoms with Gasteiger partial charge in [0.1, 0.15) is 0 Å². The third-order valence-corrected chi connectivity index (χ3v) is 5.36. The van der Waals surface area contributed by atoms with Crippen molar-refractivity contribution in [1.29, 1.82) is 0 Å². The van der Waals surface area contributed by atoms with Crippen molar-refractivity contribution in [1.82, 2.24) is 10.2 Å². The monoisotopic (exact) mass is 408 g/mol. The molecule has 0 amide bonds. The summed E-state index contributed by atoms with van der Waals surface area (Å²) in [6.45, 7) is 6.49. The summed E-state index contributed by atoms with van der Waals surface area (Å²) in [7, 11) is 1.67. The molecule has 1 heterocycles. The maximum Gasteiger partial charge on any atom is 0.161 e. The SMILES string of the molecule is CCOc1ccc(C(c2ccc(Cl)cc2Cl)N2CCCNCC2)cc1OC. The standard InChI is InChI=1S/C21H26Cl2N2O2/c1-3-27-19-8-5-15(13-20(19)26-2)21(25-11-4-9-24-10-12-25)17-7-6-16(22)14-18(17)23/h5-8,13-14,21,24H,3-4,9-12H2,1-2H3. The minimum absolute atomic E-state index is 0.0271. The van der Waals surface area contributed by atoms with Gasteiger partial charge in [-0.1, -0.05) is 35.3 Å². The van der Waals surface area contributed by atoms with Gasteiger partial charge >= 0.3 is 0 Å². The smallest absolute Gasteiger partial charge is 0.161 e. The van der Waals surface area contributed by atoms with Crippen LogP contribution in [0.1, 0.15) is 30.5 Å². The number of benzene rings is 2. The number of nitrogens with zero attached hydrogens (tertiary/aromatic N) is 1. The van der Waals surface area contributed by atoms with E-state index in [9.17, 15) is 0 Å². The topological polar surface area (TPSA) is 33.7 Å². The summed E-state index contributed by atoms with van der Waals surface area (Å²) < 4.78 is 11.3. The van der Waals surface area contributed by atoms with Gasteiger partial charge in [0.05, 0.1) is 19.8 Å². The number of nitrogens with one attached hydrogen (secondary N) is 1. The molecule has 0 aromatic heterocycles. The Hall–Kier alpha value is -1.46. The first-order chi connectivity index (χ1) is 13.1. The molecule has 27 heavy (non-hydrogen) atoms. The molecule has 0 bridgehead atoms. The lowest BCUT2D eigenvalue weighted by atomic mass is 9.96. The van der Waals surface area contributed by atoms with Crippen molar-refractivity contribution >= 4 is 23.2 Å². The Balaban J connectivity index is 2.06. The third-order valence-electron chi connectivity index (χ3n) is 4.80. The van der Waals surface area contributed by atoms with Gasteiger partial charge in [-0.05, 0) is 55.3 Å². The number of ether oxygens (including phenoxy) is 2. The van der Waals surface area contributed by atoms with Crippen LogP contribution in [0, 0.1) is 0 Å². The highest BCUT2D eigenvalue weighted by Crippen LogP contribution is 2.38. The molecule has 0 radical (unpaired) electrons. The van der Waals surface area contributed by atoms with Crippen LogP contribution < -0.4 is 14.8 Å². The van der Waals surface area contributed by atoms with Crippen molar-refractivity contribution in [3.8, 4) is 11.5 Å². The molecule has 3 rings (SSSR count). The second-order valence-electron chi connectivity index (χ2n) is 6.55. The largest absolute Gasteiger partial charge is 0.493 e. The van der Waals surface area contributed by atoms with Gasteiger partial charge < -0.3 is 14.8 Å². The molecular weight excluding hydrogens is 383 g/mol. The van der Waals surface area contributed by atoms with Gasteiger partial charge in [-0.25, -0.2) is 0 Å². The Morgan fingerprint density at radius 2 is 1.93 bits per heavy atom. The molecule has 146 valence electrons. The molecule has 1 aliphatic heterocycles. The molecule has 1 saturated heterocycles. The lowest BCUT2D eigenvalue weighted by Crippen LogP contribution is -2.33. The summed E-state index contributed by atoms with van der Waals surface area (Å²) in [6, 6.07) is 11.9. The quantitative estimate of drug-likeness (QED) is 0.744. The van der Waals surface area contributed by atoms with E-state index in [1.807, 2.05) is 31.2 Å². The minimum atomic E-state index is 0.0271. The average molecular weight is 409 g/mol. The number of rotatable bonds is 6. The van der Waals surface area contributed by atoms with Crippen molar-refractivity contribution in [3.05, 3.63) is 57.6 Å². The van der Waals surface area contributed by atoms with Crippen LogP contribution in [0.25, 0.3) is 0 Å². The van der Waals surface area contributed by atoms with Crippen LogP contribution in [0.15, 0.2) is 36.4 Å². The fourth-order valence-electron chi connectivity index (χ4n) is 3.56. The van der Waals surface area contributed by atoms with Crippen LogP contribution in [0.2, 0.25) is 10.0 Å². The van der Waals surface area contributed by atoms with E-state index >= 15 is 0 Å². The van der Waals surface area contributed by atoms with Crippen molar-refractivity contribution in [2.24, 2.45) is 0 Å². The van der Waals surface area contributed by atoms with Gasteiger partial charge in [-0.2, -0.15) is 0 Å². The zero-order valence-corrected chi connectivity index (χ0v) is 17.3. The first-order valence-electron chi connectivity index (χ1n) is 9.34. The molecule has 1 unspecified atom stereocenters. The van der Waals surface area contributed by atoms with Crippen LogP contribution in [0.4, 0.5) is 0 Å². The molecular formula is C21H26Cl2N2O2. The van der Waals surface area contributed by atoms with E-state index in [1.165, 1.54) is 0 Å². The van der Waals surface area contributed by atoms with Gasteiger partial charge in [-0.15, -0.1) is 0 Å². The Bertz CT molecular complexity index is 762. The predicted octanol–water partition coefficient (Wildman–Crippen LogP) is 4.79. The summed E-state index contributed by atoms with van der Waals surface area (Å²) in [4.78, 5) is 2.46. The second kappa shape index (κ2) is 9.65. The van der Waals surface area contributed by atoms with Crippen molar-refractivity contribution in [2.45, 2.75) is 19.4 Å². The predicted molar refractivity (Wildman–Crippen MR) is 112 cm³/mol. The van der Waals surface area contributed by atoms with E-state index in [2.05, 4.69) is 22.3 Å². The van der Waals surface area contributed by atoms with Crippen LogP contribution in [-0.2, 0) is 0 Å². The maximum absolute atomic E-state index is 6.61. The molecule has 1 fully saturated rings. The van der Waals surface area contributed by atoms with E-state index in [4.69, 9.17) is 32.7 Å². The van der Waals surface area contributed by atoms with Crippen LogP contribution in [0.3, 0.4) is 0 Å². The molecule has 1 N–H and O–H groups in total. The Morgan fingerprint density at radius 1 is 1.07 bits per heavy atom. The number of methoxy groups -OCH3 is 1. The number of hydrogen-bond donors (Lipinski definition) is 1. The maximum atomic E-state index is 6.61. The van der Waals surface area contributed by atoms with Gasteiger partial charge in [-0.3, -0.25) is 4.90 Å². The molecule has 6 heteroatoms. The molecule has 1 aliphatic rings. The van der Waals surface area contributed by atoms with Gasteiger partial charge in [0.15, 0.2) is 11.5 Å². The Kier molecular flexibility index (Phi) is 7.25. The van der Waals surface area contributed by atoms with Crippen LogP contribution >= 0.6 is 23.2 Å². The van der Waals surface area contributed by atoms with Gasteiger partial charge in [0.25, 0.3) is 0 Å². The van der Waals surface area contributed by atoms with Crippen molar-refractivity contribution < 1.29 is 9.47 Å². The molecule has 0 saturated carbocycles. The molecule has 0 aliphatic carbocycles. The normalized spacial score (nSPS) is 16.6. The lowest BCUT2D eigenvalue weighted by molar-refractivity contribution is 0.240. The highest BCUT2D eigenvalue weighted by molar-refractivity contribution is 6.35. The highest BCUT2D eigenvalue weighted by Gasteiger charge is 2.26. The first kappa shape index (κ1) is 20.3. The summed E-state index contributed by atoms with van der Waals surface area (Å²) in [5.74, 6) is 1.49.